The van der Waals surface area contributed by atoms with E-state index in [0.29, 0.717) is 0 Å². The molecule has 0 aliphatic heterocycles. The molecule has 0 radical (unpaired) electrons. The summed E-state index contributed by atoms with van der Waals surface area (Å²) < 4.78 is 49.9. The summed E-state index contributed by atoms with van der Waals surface area (Å²) >= 11 is 0. The van der Waals surface area contributed by atoms with E-state index in [-0.39, 0.29) is 38.5 Å². The fourth-order valence-corrected chi connectivity index (χ4v) is 4.24. The molecule has 0 atom stereocenters. The Morgan fingerprint density at radius 1 is 0.968 bits per heavy atom. The highest BCUT2D eigenvalue weighted by molar-refractivity contribution is 7.92. The molecule has 0 aliphatic rings. The van der Waals surface area contributed by atoms with E-state index in [0.717, 1.165) is 30.7 Å². The van der Waals surface area contributed by atoms with Crippen LogP contribution in [0.1, 0.15) is 0 Å². The molecule has 0 saturated carbocycles. The molecule has 0 amide bonds. The highest BCUT2D eigenvalue weighted by atomic mass is 32.2. The molecule has 11 nitrogen and oxygen atoms in total. The van der Waals surface area contributed by atoms with Gasteiger partial charge in [0.1, 0.15) is 16.3 Å². The summed E-state index contributed by atoms with van der Waals surface area (Å²) in [6.07, 6.45) is 1.85. The van der Waals surface area contributed by atoms with E-state index in [1.165, 1.54) is 24.3 Å². The average Bonchev–Trinajstić information content (AvgIpc) is 2.66. The highest BCUT2D eigenvalue weighted by Crippen LogP contribution is 2.39. The fourth-order valence-electron chi connectivity index (χ4n) is 2.84. The molecule has 3 rings (SSSR count). The first-order valence-corrected chi connectivity index (χ1v) is 12.3. The molecule has 13 heteroatoms. The standard InChI is InChI=1S/C18H16N4O7S2/c1-30(26,27)17-10-11(22(24)25)6-7-13(17)19-20-14-8-9-16(23)12-4-3-5-15(18(12)14)21-31(2,28)29/h3-10,21,23H,1-2H3. The number of nitro groups is 1. The highest BCUT2D eigenvalue weighted by Gasteiger charge is 2.19. The number of non-ortho nitro benzene ring substituents is 1. The molecule has 3 aromatic rings. The van der Waals surface area contributed by atoms with Crippen LogP contribution >= 0.6 is 0 Å². The Kier molecular flexibility index (Phi) is 5.65. The lowest BCUT2D eigenvalue weighted by atomic mass is 10.1. The normalized spacial score (nSPS) is 12.3. The van der Waals surface area contributed by atoms with E-state index >= 15 is 0 Å². The van der Waals surface area contributed by atoms with E-state index in [1.807, 2.05) is 0 Å². The van der Waals surface area contributed by atoms with E-state index in [1.54, 1.807) is 6.07 Å². The summed E-state index contributed by atoms with van der Waals surface area (Å²) in [6.45, 7) is 0. The summed E-state index contributed by atoms with van der Waals surface area (Å²) in [5, 5.41) is 29.6. The van der Waals surface area contributed by atoms with Crippen LogP contribution in [-0.4, -0.2) is 39.4 Å². The van der Waals surface area contributed by atoms with E-state index < -0.39 is 30.5 Å². The van der Waals surface area contributed by atoms with E-state index in [2.05, 4.69) is 15.0 Å². The molecular formula is C18H16N4O7S2. The molecular weight excluding hydrogens is 448 g/mol. The molecule has 0 aromatic heterocycles. The van der Waals surface area contributed by atoms with E-state index in [4.69, 9.17) is 0 Å². The van der Waals surface area contributed by atoms with Crippen molar-refractivity contribution in [3.63, 3.8) is 0 Å². The number of benzene rings is 3. The molecule has 0 saturated heterocycles. The van der Waals surface area contributed by atoms with Crippen molar-refractivity contribution in [2.24, 2.45) is 10.2 Å². The van der Waals surface area contributed by atoms with Gasteiger partial charge >= 0.3 is 0 Å². The molecule has 162 valence electrons. The van der Waals surface area contributed by atoms with Gasteiger partial charge in [0.25, 0.3) is 5.69 Å². The van der Waals surface area contributed by atoms with Crippen molar-refractivity contribution >= 4 is 53.4 Å². The Hall–Kier alpha value is -3.58. The van der Waals surface area contributed by atoms with Gasteiger partial charge in [0.15, 0.2) is 9.84 Å². The number of nitro benzene ring substituents is 1. The third-order valence-corrected chi connectivity index (χ3v) is 5.83. The number of phenolic OH excluding ortho intramolecular Hbond substituents is 1. The minimum Gasteiger partial charge on any atom is -0.507 e. The zero-order valence-corrected chi connectivity index (χ0v) is 17.8. The van der Waals surface area contributed by atoms with Crippen molar-refractivity contribution in [2.45, 2.75) is 4.90 Å². The number of phenols is 1. The molecule has 0 aliphatic carbocycles. The van der Waals surface area contributed by atoms with Crippen LogP contribution in [0.5, 0.6) is 5.75 Å². The number of hydrogen-bond acceptors (Lipinski definition) is 9. The van der Waals surface area contributed by atoms with Crippen LogP contribution in [-0.2, 0) is 19.9 Å². The number of sulfonamides is 1. The summed E-state index contributed by atoms with van der Waals surface area (Å²) in [5.41, 5.74) is -0.286. The number of fused-ring (bicyclic) bond motifs is 1. The zero-order valence-electron chi connectivity index (χ0n) is 16.2. The summed E-state index contributed by atoms with van der Waals surface area (Å²) in [5.74, 6) is -0.127. The summed E-state index contributed by atoms with van der Waals surface area (Å²) in [4.78, 5) is 9.86. The Balaban J connectivity index is 2.21. The lowest BCUT2D eigenvalue weighted by Crippen LogP contribution is -2.09. The number of aromatic hydroxyl groups is 1. The van der Waals surface area contributed by atoms with Gasteiger partial charge < -0.3 is 5.11 Å². The largest absolute Gasteiger partial charge is 0.507 e. The maximum atomic E-state index is 12.1. The van der Waals surface area contributed by atoms with Crippen LogP contribution in [0, 0.1) is 10.1 Å². The monoisotopic (exact) mass is 464 g/mol. The van der Waals surface area contributed by atoms with Gasteiger partial charge in [-0.2, -0.15) is 0 Å². The molecule has 0 fully saturated rings. The number of anilines is 1. The summed E-state index contributed by atoms with van der Waals surface area (Å²) in [6, 6.07) is 10.4. The van der Waals surface area contributed by atoms with Crippen LogP contribution < -0.4 is 4.72 Å². The van der Waals surface area contributed by atoms with Gasteiger partial charge in [-0.25, -0.2) is 16.8 Å². The molecule has 0 unspecified atom stereocenters. The van der Waals surface area contributed by atoms with Crippen molar-refractivity contribution in [2.75, 3.05) is 17.2 Å². The number of azo groups is 1. The number of nitrogens with one attached hydrogen (secondary N) is 1. The number of hydrogen-bond donors (Lipinski definition) is 2. The smallest absolute Gasteiger partial charge is 0.270 e. The SMILES string of the molecule is CS(=O)(=O)Nc1cccc2c(O)ccc(N=Nc3ccc([N+](=O)[O-])cc3S(C)(=O)=O)c12. The van der Waals surface area contributed by atoms with Crippen LogP contribution in [0.2, 0.25) is 0 Å². The lowest BCUT2D eigenvalue weighted by Gasteiger charge is -2.11. The maximum absolute atomic E-state index is 12.1. The first-order chi connectivity index (χ1) is 14.4. The van der Waals surface area contributed by atoms with Gasteiger partial charge in [-0.15, -0.1) is 10.2 Å². The quantitative estimate of drug-likeness (QED) is 0.319. The van der Waals surface area contributed by atoms with Gasteiger partial charge in [0.05, 0.1) is 22.6 Å². The average molecular weight is 464 g/mol. The Labute approximate surface area is 177 Å². The van der Waals surface area contributed by atoms with Crippen LogP contribution in [0.15, 0.2) is 63.7 Å². The molecule has 0 bridgehead atoms. The van der Waals surface area contributed by atoms with Crippen molar-refractivity contribution in [3.8, 4) is 5.75 Å². The van der Waals surface area contributed by atoms with Crippen LogP contribution in [0.25, 0.3) is 10.8 Å². The lowest BCUT2D eigenvalue weighted by molar-refractivity contribution is -0.385. The van der Waals surface area contributed by atoms with Crippen molar-refractivity contribution in [1.82, 2.24) is 0 Å². The number of nitrogens with zero attached hydrogens (tertiary/aromatic N) is 3. The third kappa shape index (κ3) is 4.95. The Morgan fingerprint density at radius 2 is 1.61 bits per heavy atom. The van der Waals surface area contributed by atoms with Crippen molar-refractivity contribution in [1.29, 1.82) is 0 Å². The molecule has 31 heavy (non-hydrogen) atoms. The second-order valence-corrected chi connectivity index (χ2v) is 10.3. The Bertz CT molecular complexity index is 1450. The second kappa shape index (κ2) is 7.92. The first-order valence-electron chi connectivity index (χ1n) is 8.49. The predicted molar refractivity (Wildman–Crippen MR) is 114 cm³/mol. The topological polar surface area (TPSA) is 168 Å². The van der Waals surface area contributed by atoms with Crippen molar-refractivity contribution in [3.05, 3.63) is 58.6 Å². The van der Waals surface area contributed by atoms with Gasteiger partial charge in [-0.1, -0.05) is 12.1 Å². The second-order valence-electron chi connectivity index (χ2n) is 6.59. The third-order valence-electron chi connectivity index (χ3n) is 4.11. The zero-order chi connectivity index (χ0) is 23.0. The fraction of sp³-hybridized carbons (Fsp3) is 0.111. The van der Waals surface area contributed by atoms with Crippen LogP contribution in [0.4, 0.5) is 22.7 Å². The Morgan fingerprint density at radius 3 is 2.23 bits per heavy atom. The molecule has 2 N–H and O–H groups in total. The summed E-state index contributed by atoms with van der Waals surface area (Å²) in [7, 11) is -7.52. The predicted octanol–water partition coefficient (Wildman–Crippen LogP) is 3.64. The first kappa shape index (κ1) is 22.1. The molecule has 0 spiro atoms. The maximum Gasteiger partial charge on any atom is 0.270 e. The number of rotatable bonds is 6. The van der Waals surface area contributed by atoms with Gasteiger partial charge in [0.2, 0.25) is 10.0 Å². The van der Waals surface area contributed by atoms with E-state index in [9.17, 15) is 32.1 Å². The number of sulfone groups is 1. The van der Waals surface area contributed by atoms with Gasteiger partial charge in [-0.3, -0.25) is 14.8 Å². The molecule has 0 heterocycles. The minimum atomic E-state index is -3.87. The van der Waals surface area contributed by atoms with Crippen molar-refractivity contribution < 1.29 is 26.9 Å². The molecule has 3 aromatic carbocycles. The van der Waals surface area contributed by atoms with Crippen LogP contribution in [0.3, 0.4) is 0 Å². The minimum absolute atomic E-state index is 0.127. The van der Waals surface area contributed by atoms with Gasteiger partial charge in [-0.05, 0) is 24.3 Å². The van der Waals surface area contributed by atoms with Gasteiger partial charge in [0, 0.05) is 29.2 Å².